The molecular formula is C15H30N2. The van der Waals surface area contributed by atoms with Crippen molar-refractivity contribution in [1.29, 1.82) is 0 Å². The topological polar surface area (TPSA) is 15.3 Å². The van der Waals surface area contributed by atoms with E-state index in [9.17, 15) is 0 Å². The summed E-state index contributed by atoms with van der Waals surface area (Å²) < 4.78 is 0. The molecule has 1 aliphatic carbocycles. The van der Waals surface area contributed by atoms with Crippen molar-refractivity contribution in [2.24, 2.45) is 11.8 Å². The molecule has 1 N–H and O–H groups in total. The van der Waals surface area contributed by atoms with Crippen LogP contribution in [0.1, 0.15) is 51.9 Å². The molecule has 2 rings (SSSR count). The minimum absolute atomic E-state index is 0.964. The highest BCUT2D eigenvalue weighted by Crippen LogP contribution is 2.27. The van der Waals surface area contributed by atoms with Gasteiger partial charge >= 0.3 is 0 Å². The smallest absolute Gasteiger partial charge is 0.000954 e. The molecule has 0 bridgehead atoms. The third kappa shape index (κ3) is 4.59. The van der Waals surface area contributed by atoms with Crippen LogP contribution in [0.15, 0.2) is 0 Å². The monoisotopic (exact) mass is 238 g/mol. The summed E-state index contributed by atoms with van der Waals surface area (Å²) in [7, 11) is 0. The molecule has 1 aliphatic heterocycles. The number of hydrogen-bond donors (Lipinski definition) is 1. The second-order valence-electron chi connectivity index (χ2n) is 6.04. The Hall–Kier alpha value is -0.0800. The van der Waals surface area contributed by atoms with Crippen LogP contribution in [-0.2, 0) is 0 Å². The van der Waals surface area contributed by atoms with Crippen molar-refractivity contribution in [3.05, 3.63) is 0 Å². The maximum Gasteiger partial charge on any atom is 0.000954 e. The lowest BCUT2D eigenvalue weighted by atomic mass is 9.85. The van der Waals surface area contributed by atoms with Crippen molar-refractivity contribution in [1.82, 2.24) is 10.2 Å². The van der Waals surface area contributed by atoms with Crippen LogP contribution in [-0.4, -0.2) is 37.6 Å². The van der Waals surface area contributed by atoms with E-state index in [1.807, 2.05) is 0 Å². The molecule has 0 aromatic rings. The van der Waals surface area contributed by atoms with Gasteiger partial charge < -0.3 is 10.2 Å². The quantitative estimate of drug-likeness (QED) is 0.733. The first kappa shape index (κ1) is 13.4. The standard InChI is InChI=1S/C15H30N2/c1-2-17(13-15-6-3-7-15)11-5-9-14-8-4-10-16-12-14/h14-16H,2-13H2,1H3. The Morgan fingerprint density at radius 3 is 2.53 bits per heavy atom. The van der Waals surface area contributed by atoms with Gasteiger partial charge in [0.25, 0.3) is 0 Å². The molecule has 0 spiro atoms. The number of nitrogens with zero attached hydrogens (tertiary/aromatic N) is 1. The lowest BCUT2D eigenvalue weighted by Gasteiger charge is -2.32. The van der Waals surface area contributed by atoms with Gasteiger partial charge in [0.15, 0.2) is 0 Å². The summed E-state index contributed by atoms with van der Waals surface area (Å²) in [5.74, 6) is 2.00. The predicted octanol–water partition coefficient (Wildman–Crippen LogP) is 2.89. The zero-order valence-electron chi connectivity index (χ0n) is 11.6. The van der Waals surface area contributed by atoms with E-state index in [2.05, 4.69) is 17.1 Å². The molecule has 2 fully saturated rings. The summed E-state index contributed by atoms with van der Waals surface area (Å²) in [5.41, 5.74) is 0. The first-order valence-corrected chi connectivity index (χ1v) is 7.81. The van der Waals surface area contributed by atoms with Gasteiger partial charge in [0.05, 0.1) is 0 Å². The highest BCUT2D eigenvalue weighted by atomic mass is 15.1. The Kier molecular flexibility index (Phi) is 5.79. The Bertz CT molecular complexity index is 195. The van der Waals surface area contributed by atoms with Crippen LogP contribution in [0.5, 0.6) is 0 Å². The van der Waals surface area contributed by atoms with Gasteiger partial charge in [-0.05, 0) is 76.5 Å². The average molecular weight is 238 g/mol. The van der Waals surface area contributed by atoms with Crippen LogP contribution < -0.4 is 5.32 Å². The predicted molar refractivity (Wildman–Crippen MR) is 74.3 cm³/mol. The molecule has 1 saturated carbocycles. The molecule has 100 valence electrons. The lowest BCUT2D eigenvalue weighted by Crippen LogP contribution is -2.34. The van der Waals surface area contributed by atoms with E-state index in [0.717, 1.165) is 11.8 Å². The number of rotatable bonds is 7. The van der Waals surface area contributed by atoms with Crippen molar-refractivity contribution in [3.63, 3.8) is 0 Å². The molecule has 0 aromatic heterocycles. The normalized spacial score (nSPS) is 26.1. The number of hydrogen-bond acceptors (Lipinski definition) is 2. The van der Waals surface area contributed by atoms with Crippen molar-refractivity contribution in [2.75, 3.05) is 32.7 Å². The number of piperidine rings is 1. The fraction of sp³-hybridized carbons (Fsp3) is 1.00. The zero-order valence-corrected chi connectivity index (χ0v) is 11.6. The highest BCUT2D eigenvalue weighted by Gasteiger charge is 2.20. The Balaban J connectivity index is 1.55. The molecular weight excluding hydrogens is 208 g/mol. The fourth-order valence-electron chi connectivity index (χ4n) is 3.19. The molecule has 0 aromatic carbocycles. The molecule has 2 aliphatic rings. The minimum atomic E-state index is 0.964. The van der Waals surface area contributed by atoms with Crippen LogP contribution >= 0.6 is 0 Å². The Morgan fingerprint density at radius 1 is 1.12 bits per heavy atom. The van der Waals surface area contributed by atoms with E-state index in [1.54, 1.807) is 0 Å². The van der Waals surface area contributed by atoms with Gasteiger partial charge in [-0.15, -0.1) is 0 Å². The second kappa shape index (κ2) is 7.38. The van der Waals surface area contributed by atoms with Crippen LogP contribution in [0.3, 0.4) is 0 Å². The average Bonchev–Trinajstić information content (AvgIpc) is 2.32. The van der Waals surface area contributed by atoms with Gasteiger partial charge in [0.2, 0.25) is 0 Å². The van der Waals surface area contributed by atoms with Crippen LogP contribution in [0.25, 0.3) is 0 Å². The van der Waals surface area contributed by atoms with Crippen LogP contribution in [0.2, 0.25) is 0 Å². The maximum absolute atomic E-state index is 3.52. The van der Waals surface area contributed by atoms with Gasteiger partial charge in [-0.3, -0.25) is 0 Å². The molecule has 1 atom stereocenters. The summed E-state index contributed by atoms with van der Waals surface area (Å²) in [4.78, 5) is 2.68. The third-order valence-corrected chi connectivity index (χ3v) is 4.67. The van der Waals surface area contributed by atoms with Crippen molar-refractivity contribution < 1.29 is 0 Å². The molecule has 17 heavy (non-hydrogen) atoms. The first-order chi connectivity index (χ1) is 8.38. The van der Waals surface area contributed by atoms with E-state index in [0.29, 0.717) is 0 Å². The van der Waals surface area contributed by atoms with Gasteiger partial charge in [-0.1, -0.05) is 13.3 Å². The molecule has 2 nitrogen and oxygen atoms in total. The van der Waals surface area contributed by atoms with Crippen LogP contribution in [0.4, 0.5) is 0 Å². The zero-order chi connectivity index (χ0) is 11.9. The first-order valence-electron chi connectivity index (χ1n) is 7.81. The number of nitrogens with one attached hydrogen (secondary N) is 1. The minimum Gasteiger partial charge on any atom is -0.316 e. The molecule has 1 heterocycles. The summed E-state index contributed by atoms with van der Waals surface area (Å²) in [6, 6.07) is 0. The van der Waals surface area contributed by atoms with Gasteiger partial charge in [-0.2, -0.15) is 0 Å². The SMILES string of the molecule is CCN(CCCC1CCCNC1)CC1CCC1. The Morgan fingerprint density at radius 2 is 1.94 bits per heavy atom. The highest BCUT2D eigenvalue weighted by molar-refractivity contribution is 4.74. The van der Waals surface area contributed by atoms with E-state index >= 15 is 0 Å². The van der Waals surface area contributed by atoms with Gasteiger partial charge in [-0.25, -0.2) is 0 Å². The summed E-state index contributed by atoms with van der Waals surface area (Å²) in [6.07, 6.45) is 10.2. The van der Waals surface area contributed by atoms with Crippen molar-refractivity contribution in [3.8, 4) is 0 Å². The van der Waals surface area contributed by atoms with E-state index in [-0.39, 0.29) is 0 Å². The van der Waals surface area contributed by atoms with Crippen molar-refractivity contribution in [2.45, 2.75) is 51.9 Å². The molecule has 2 heteroatoms. The Labute approximate surface area is 107 Å². The largest absolute Gasteiger partial charge is 0.316 e. The summed E-state index contributed by atoms with van der Waals surface area (Å²) in [5, 5.41) is 3.52. The van der Waals surface area contributed by atoms with Gasteiger partial charge in [0, 0.05) is 6.54 Å². The third-order valence-electron chi connectivity index (χ3n) is 4.67. The second-order valence-corrected chi connectivity index (χ2v) is 6.04. The van der Waals surface area contributed by atoms with Gasteiger partial charge in [0.1, 0.15) is 0 Å². The van der Waals surface area contributed by atoms with Crippen LogP contribution in [0, 0.1) is 11.8 Å². The van der Waals surface area contributed by atoms with E-state index in [1.165, 1.54) is 77.7 Å². The molecule has 0 amide bonds. The molecule has 1 unspecified atom stereocenters. The fourth-order valence-corrected chi connectivity index (χ4v) is 3.19. The summed E-state index contributed by atoms with van der Waals surface area (Å²) >= 11 is 0. The maximum atomic E-state index is 3.52. The van der Waals surface area contributed by atoms with E-state index < -0.39 is 0 Å². The lowest BCUT2D eigenvalue weighted by molar-refractivity contribution is 0.178. The van der Waals surface area contributed by atoms with E-state index in [4.69, 9.17) is 0 Å². The van der Waals surface area contributed by atoms with Crippen molar-refractivity contribution >= 4 is 0 Å². The molecule has 0 radical (unpaired) electrons. The summed E-state index contributed by atoms with van der Waals surface area (Å²) in [6.45, 7) is 8.80. The molecule has 1 saturated heterocycles.